The summed E-state index contributed by atoms with van der Waals surface area (Å²) in [5.74, 6) is -0.0955. The molecule has 0 bridgehead atoms. The summed E-state index contributed by atoms with van der Waals surface area (Å²) >= 11 is 1.60. The topological polar surface area (TPSA) is 42.0 Å². The number of amides is 1. The number of benzene rings is 2. The SMILES string of the molecule is Cc1ccc(C(=O)Nc2ccccc2-c2csc(C)n2)c(C)c1. The number of rotatable bonds is 3. The first-order valence-corrected chi connectivity index (χ1v) is 8.32. The van der Waals surface area contributed by atoms with Crippen molar-refractivity contribution < 1.29 is 4.79 Å². The van der Waals surface area contributed by atoms with Gasteiger partial charge in [0, 0.05) is 16.5 Å². The fraction of sp³-hybridized carbons (Fsp3) is 0.158. The second-order valence-electron chi connectivity index (χ2n) is 5.57. The molecule has 1 heterocycles. The van der Waals surface area contributed by atoms with Crippen molar-refractivity contribution in [1.29, 1.82) is 0 Å². The minimum Gasteiger partial charge on any atom is -0.321 e. The Morgan fingerprint density at radius 3 is 2.57 bits per heavy atom. The predicted molar refractivity (Wildman–Crippen MR) is 96.2 cm³/mol. The van der Waals surface area contributed by atoms with Crippen molar-refractivity contribution in [2.24, 2.45) is 0 Å². The Balaban J connectivity index is 1.93. The summed E-state index contributed by atoms with van der Waals surface area (Å²) < 4.78 is 0. The van der Waals surface area contributed by atoms with Crippen LogP contribution in [0.25, 0.3) is 11.3 Å². The highest BCUT2D eigenvalue weighted by molar-refractivity contribution is 7.09. The zero-order valence-corrected chi connectivity index (χ0v) is 14.2. The number of hydrogen-bond donors (Lipinski definition) is 1. The van der Waals surface area contributed by atoms with Crippen LogP contribution in [-0.4, -0.2) is 10.9 Å². The van der Waals surface area contributed by atoms with Crippen molar-refractivity contribution in [3.63, 3.8) is 0 Å². The molecule has 1 aromatic heterocycles. The van der Waals surface area contributed by atoms with Crippen LogP contribution in [0.2, 0.25) is 0 Å². The van der Waals surface area contributed by atoms with Gasteiger partial charge in [0.2, 0.25) is 0 Å². The van der Waals surface area contributed by atoms with Crippen LogP contribution in [0, 0.1) is 20.8 Å². The monoisotopic (exact) mass is 322 g/mol. The number of aromatic nitrogens is 1. The molecule has 1 N–H and O–H groups in total. The maximum atomic E-state index is 12.6. The van der Waals surface area contributed by atoms with Crippen molar-refractivity contribution in [2.75, 3.05) is 5.32 Å². The molecule has 0 spiro atoms. The number of thiazole rings is 1. The number of para-hydroxylation sites is 1. The largest absolute Gasteiger partial charge is 0.321 e. The highest BCUT2D eigenvalue weighted by atomic mass is 32.1. The summed E-state index contributed by atoms with van der Waals surface area (Å²) in [6.07, 6.45) is 0. The molecule has 0 unspecified atom stereocenters. The molecule has 0 saturated carbocycles. The number of carbonyl (C=O) groups is 1. The van der Waals surface area contributed by atoms with Crippen LogP contribution in [-0.2, 0) is 0 Å². The van der Waals surface area contributed by atoms with Crippen molar-refractivity contribution >= 4 is 22.9 Å². The maximum absolute atomic E-state index is 12.6. The average Bonchev–Trinajstić information content (AvgIpc) is 2.94. The van der Waals surface area contributed by atoms with E-state index in [4.69, 9.17) is 0 Å². The maximum Gasteiger partial charge on any atom is 0.255 e. The van der Waals surface area contributed by atoms with E-state index in [2.05, 4.69) is 10.3 Å². The highest BCUT2D eigenvalue weighted by Gasteiger charge is 2.13. The molecular weight excluding hydrogens is 304 g/mol. The van der Waals surface area contributed by atoms with Crippen LogP contribution in [0.4, 0.5) is 5.69 Å². The summed E-state index contributed by atoms with van der Waals surface area (Å²) in [5.41, 5.74) is 5.43. The fourth-order valence-corrected chi connectivity index (χ4v) is 3.17. The van der Waals surface area contributed by atoms with Gasteiger partial charge in [0.15, 0.2) is 0 Å². The molecule has 2 aromatic carbocycles. The lowest BCUT2D eigenvalue weighted by Crippen LogP contribution is -2.14. The molecular formula is C19H18N2OS. The summed E-state index contributed by atoms with van der Waals surface area (Å²) in [6.45, 7) is 5.96. The van der Waals surface area contributed by atoms with Crippen molar-refractivity contribution in [3.05, 3.63) is 69.5 Å². The van der Waals surface area contributed by atoms with Gasteiger partial charge in [-0.15, -0.1) is 11.3 Å². The van der Waals surface area contributed by atoms with Gasteiger partial charge in [-0.25, -0.2) is 4.98 Å². The van der Waals surface area contributed by atoms with Crippen molar-refractivity contribution in [2.45, 2.75) is 20.8 Å². The Hall–Kier alpha value is -2.46. The van der Waals surface area contributed by atoms with E-state index in [-0.39, 0.29) is 5.91 Å². The second-order valence-corrected chi connectivity index (χ2v) is 6.63. The van der Waals surface area contributed by atoms with Gasteiger partial charge in [-0.1, -0.05) is 35.9 Å². The third kappa shape index (κ3) is 3.32. The van der Waals surface area contributed by atoms with Gasteiger partial charge in [0.1, 0.15) is 0 Å². The highest BCUT2D eigenvalue weighted by Crippen LogP contribution is 2.29. The molecule has 3 rings (SSSR count). The Morgan fingerprint density at radius 2 is 1.87 bits per heavy atom. The van der Waals surface area contributed by atoms with Crippen LogP contribution in [0.1, 0.15) is 26.5 Å². The smallest absolute Gasteiger partial charge is 0.255 e. The summed E-state index contributed by atoms with van der Waals surface area (Å²) in [7, 11) is 0. The number of nitrogens with zero attached hydrogens (tertiary/aromatic N) is 1. The van der Waals surface area contributed by atoms with Crippen molar-refractivity contribution in [1.82, 2.24) is 4.98 Å². The zero-order chi connectivity index (χ0) is 16.4. The normalized spacial score (nSPS) is 10.6. The van der Waals surface area contributed by atoms with Gasteiger partial charge in [-0.2, -0.15) is 0 Å². The van der Waals surface area contributed by atoms with Gasteiger partial charge in [0.25, 0.3) is 5.91 Å². The third-order valence-corrected chi connectivity index (χ3v) is 4.47. The minimum absolute atomic E-state index is 0.0955. The van der Waals surface area contributed by atoms with Gasteiger partial charge in [-0.05, 0) is 38.5 Å². The lowest BCUT2D eigenvalue weighted by Gasteiger charge is -2.11. The summed E-state index contributed by atoms with van der Waals surface area (Å²) in [6, 6.07) is 13.6. The number of nitrogens with one attached hydrogen (secondary N) is 1. The number of carbonyl (C=O) groups excluding carboxylic acids is 1. The van der Waals surface area contributed by atoms with E-state index >= 15 is 0 Å². The molecule has 0 fully saturated rings. The lowest BCUT2D eigenvalue weighted by molar-refractivity contribution is 0.102. The van der Waals surface area contributed by atoms with Crippen LogP contribution in [0.3, 0.4) is 0 Å². The Labute approximate surface area is 140 Å². The quantitative estimate of drug-likeness (QED) is 0.738. The van der Waals surface area contributed by atoms with E-state index in [1.807, 2.05) is 68.6 Å². The van der Waals surface area contributed by atoms with Gasteiger partial charge in [0.05, 0.1) is 16.4 Å². The molecule has 3 aromatic rings. The third-order valence-electron chi connectivity index (χ3n) is 3.70. The lowest BCUT2D eigenvalue weighted by atomic mass is 10.0. The first kappa shape index (κ1) is 15.4. The summed E-state index contributed by atoms with van der Waals surface area (Å²) in [5, 5.41) is 6.04. The van der Waals surface area contributed by atoms with Gasteiger partial charge in [-0.3, -0.25) is 4.79 Å². The van der Waals surface area contributed by atoms with E-state index in [0.29, 0.717) is 5.56 Å². The first-order valence-electron chi connectivity index (χ1n) is 7.45. The molecule has 116 valence electrons. The minimum atomic E-state index is -0.0955. The Kier molecular flexibility index (Phi) is 4.26. The van der Waals surface area contributed by atoms with Crippen molar-refractivity contribution in [3.8, 4) is 11.3 Å². The molecule has 0 aliphatic rings. The molecule has 0 aliphatic carbocycles. The molecule has 3 nitrogen and oxygen atoms in total. The van der Waals surface area contributed by atoms with E-state index in [1.54, 1.807) is 11.3 Å². The van der Waals surface area contributed by atoms with Crippen LogP contribution < -0.4 is 5.32 Å². The fourth-order valence-electron chi connectivity index (χ4n) is 2.56. The summed E-state index contributed by atoms with van der Waals surface area (Å²) in [4.78, 5) is 17.1. The predicted octanol–water partition coefficient (Wildman–Crippen LogP) is 4.99. The van der Waals surface area contributed by atoms with Gasteiger partial charge >= 0.3 is 0 Å². The van der Waals surface area contributed by atoms with Gasteiger partial charge < -0.3 is 5.32 Å². The van der Waals surface area contributed by atoms with Crippen LogP contribution in [0.5, 0.6) is 0 Å². The molecule has 0 aliphatic heterocycles. The first-order chi connectivity index (χ1) is 11.0. The molecule has 23 heavy (non-hydrogen) atoms. The van der Waals surface area contributed by atoms with E-state index in [0.717, 1.165) is 33.1 Å². The molecule has 1 amide bonds. The zero-order valence-electron chi connectivity index (χ0n) is 13.4. The van der Waals surface area contributed by atoms with E-state index < -0.39 is 0 Å². The molecule has 0 saturated heterocycles. The average molecular weight is 322 g/mol. The van der Waals surface area contributed by atoms with E-state index in [1.165, 1.54) is 0 Å². The Bertz CT molecular complexity index is 867. The van der Waals surface area contributed by atoms with Crippen LogP contribution in [0.15, 0.2) is 47.8 Å². The standard InChI is InChI=1S/C19H18N2OS/c1-12-8-9-15(13(2)10-12)19(22)21-17-7-5-4-6-16(17)18-11-23-14(3)20-18/h4-11H,1-3H3,(H,21,22). The number of aryl methyl sites for hydroxylation is 3. The number of hydrogen-bond acceptors (Lipinski definition) is 3. The van der Waals surface area contributed by atoms with E-state index in [9.17, 15) is 4.79 Å². The Morgan fingerprint density at radius 1 is 1.09 bits per heavy atom. The number of anilines is 1. The second kappa shape index (κ2) is 6.34. The molecule has 0 atom stereocenters. The molecule has 0 radical (unpaired) electrons. The molecule has 4 heteroatoms. The van der Waals surface area contributed by atoms with Crippen LogP contribution >= 0.6 is 11.3 Å².